The molecule has 174 valence electrons. The fourth-order valence-corrected chi connectivity index (χ4v) is 5.06. The van der Waals surface area contributed by atoms with Gasteiger partial charge in [-0.1, -0.05) is 42.5 Å². The summed E-state index contributed by atoms with van der Waals surface area (Å²) in [7, 11) is -4.09. The lowest BCUT2D eigenvalue weighted by molar-refractivity contribution is -0.145. The fourth-order valence-electron chi connectivity index (χ4n) is 3.84. The van der Waals surface area contributed by atoms with Crippen molar-refractivity contribution in [3.63, 3.8) is 0 Å². The van der Waals surface area contributed by atoms with Gasteiger partial charge in [-0.05, 0) is 59.9 Å². The molecular weight excluding hydrogens is 454 g/mol. The molecule has 34 heavy (non-hydrogen) atoms. The maximum absolute atomic E-state index is 13.4. The number of rotatable bonds is 9. The molecule has 0 radical (unpaired) electrons. The zero-order chi connectivity index (χ0) is 24.3. The molecule has 3 aromatic rings. The molecule has 2 N–H and O–H groups in total. The number of carboxylic acid groups (broad SMARTS) is 1. The maximum Gasteiger partial charge on any atom is 0.323 e. The first kappa shape index (κ1) is 23.4. The van der Waals surface area contributed by atoms with Crippen molar-refractivity contribution in [2.75, 3.05) is 6.54 Å². The van der Waals surface area contributed by atoms with Crippen molar-refractivity contribution >= 4 is 32.7 Å². The van der Waals surface area contributed by atoms with Gasteiger partial charge in [0.15, 0.2) is 0 Å². The predicted molar refractivity (Wildman–Crippen MR) is 125 cm³/mol. The second kappa shape index (κ2) is 9.63. The highest BCUT2D eigenvalue weighted by Crippen LogP contribution is 2.28. The second-order valence-electron chi connectivity index (χ2n) is 8.29. The van der Waals surface area contributed by atoms with Gasteiger partial charge in [0, 0.05) is 6.04 Å². The molecule has 1 unspecified atom stereocenters. The van der Waals surface area contributed by atoms with Crippen LogP contribution in [0.4, 0.5) is 0 Å². The van der Waals surface area contributed by atoms with Crippen molar-refractivity contribution in [2.45, 2.75) is 36.2 Å². The Morgan fingerprint density at radius 3 is 2.35 bits per heavy atom. The first-order chi connectivity index (χ1) is 16.3. The monoisotopic (exact) mass is 477 g/mol. The Morgan fingerprint density at radius 1 is 1.06 bits per heavy atom. The van der Waals surface area contributed by atoms with Crippen LogP contribution in [0.5, 0.6) is 0 Å². The molecule has 1 aliphatic carbocycles. The van der Waals surface area contributed by atoms with E-state index in [4.69, 9.17) is 5.26 Å². The zero-order valence-corrected chi connectivity index (χ0v) is 19.0. The van der Waals surface area contributed by atoms with E-state index in [9.17, 15) is 23.1 Å². The van der Waals surface area contributed by atoms with E-state index in [1.807, 2.05) is 24.3 Å². The minimum atomic E-state index is -4.09. The number of carboxylic acids is 1. The highest BCUT2D eigenvalue weighted by Gasteiger charge is 2.38. The number of aliphatic carboxylic acids is 1. The molecule has 9 heteroatoms. The number of carbonyl (C=O) groups excluding carboxylic acids is 1. The molecule has 1 saturated carbocycles. The summed E-state index contributed by atoms with van der Waals surface area (Å²) in [4.78, 5) is 26.0. The van der Waals surface area contributed by atoms with E-state index in [0.29, 0.717) is 24.0 Å². The first-order valence-electron chi connectivity index (χ1n) is 10.8. The number of hydrogen-bond acceptors (Lipinski definition) is 5. The Hall–Kier alpha value is -3.74. The molecule has 0 heterocycles. The van der Waals surface area contributed by atoms with Gasteiger partial charge in [-0.15, -0.1) is 0 Å². The first-order valence-corrected chi connectivity index (χ1v) is 12.3. The lowest BCUT2D eigenvalue weighted by Crippen LogP contribution is -2.51. The largest absolute Gasteiger partial charge is 0.480 e. The molecule has 1 amide bonds. The summed E-state index contributed by atoms with van der Waals surface area (Å²) in [5.74, 6) is -1.74. The molecule has 1 atom stereocenters. The standard InChI is InChI=1S/C25H23N3O5S/c26-15-18-7-5-17(6-8-18)13-23(25(31)28(16-24(29)30)21-10-11-21)27-34(32,33)22-12-9-19-3-1-2-4-20(19)14-22/h1-9,12,14,21,23,27H,10-11,13,16H2,(H,29,30). The number of nitrogens with zero attached hydrogens (tertiary/aromatic N) is 2. The number of amides is 1. The SMILES string of the molecule is N#Cc1ccc(CC(NS(=O)(=O)c2ccc3ccccc3c2)C(=O)N(CC(=O)O)C2CC2)cc1. The number of hydrogen-bond donors (Lipinski definition) is 2. The van der Waals surface area contributed by atoms with Gasteiger partial charge in [-0.25, -0.2) is 8.42 Å². The number of nitrogens with one attached hydrogen (secondary N) is 1. The Balaban J connectivity index is 1.65. The van der Waals surface area contributed by atoms with E-state index in [0.717, 1.165) is 10.8 Å². The predicted octanol–water partition coefficient (Wildman–Crippen LogP) is 2.68. The summed E-state index contributed by atoms with van der Waals surface area (Å²) in [6.45, 7) is -0.495. The summed E-state index contributed by atoms with van der Waals surface area (Å²) in [6, 6.07) is 19.1. The van der Waals surface area contributed by atoms with E-state index in [-0.39, 0.29) is 17.4 Å². The van der Waals surface area contributed by atoms with Crippen LogP contribution in [0.25, 0.3) is 10.8 Å². The van der Waals surface area contributed by atoms with Gasteiger partial charge in [0.05, 0.1) is 16.5 Å². The molecular formula is C25H23N3O5S. The van der Waals surface area contributed by atoms with Gasteiger partial charge in [0.25, 0.3) is 0 Å². The third-order valence-corrected chi connectivity index (χ3v) is 7.20. The normalized spacial score (nSPS) is 14.3. The van der Waals surface area contributed by atoms with E-state index < -0.39 is 34.5 Å². The van der Waals surface area contributed by atoms with Gasteiger partial charge < -0.3 is 10.0 Å². The van der Waals surface area contributed by atoms with Crippen LogP contribution in [0.15, 0.2) is 71.6 Å². The Kier molecular flexibility index (Phi) is 6.63. The quantitative estimate of drug-likeness (QED) is 0.488. The van der Waals surface area contributed by atoms with Crippen LogP contribution in [0, 0.1) is 11.3 Å². The maximum atomic E-state index is 13.4. The van der Waals surface area contributed by atoms with Gasteiger partial charge in [-0.2, -0.15) is 9.98 Å². The van der Waals surface area contributed by atoms with E-state index in [2.05, 4.69) is 4.72 Å². The van der Waals surface area contributed by atoms with Crippen LogP contribution >= 0.6 is 0 Å². The van der Waals surface area contributed by atoms with Crippen molar-refractivity contribution in [3.05, 3.63) is 77.9 Å². The number of benzene rings is 3. The smallest absolute Gasteiger partial charge is 0.323 e. The van der Waals surface area contributed by atoms with Gasteiger partial charge in [0.2, 0.25) is 15.9 Å². The molecule has 0 bridgehead atoms. The van der Waals surface area contributed by atoms with Gasteiger partial charge in [-0.3, -0.25) is 9.59 Å². The van der Waals surface area contributed by atoms with Crippen LogP contribution < -0.4 is 4.72 Å². The number of sulfonamides is 1. The summed E-state index contributed by atoms with van der Waals surface area (Å²) >= 11 is 0. The minimum Gasteiger partial charge on any atom is -0.480 e. The Morgan fingerprint density at radius 2 is 1.74 bits per heavy atom. The zero-order valence-electron chi connectivity index (χ0n) is 18.2. The number of carbonyl (C=O) groups is 2. The molecule has 8 nitrogen and oxygen atoms in total. The van der Waals surface area contributed by atoms with Crippen molar-refractivity contribution in [1.82, 2.24) is 9.62 Å². The van der Waals surface area contributed by atoms with Crippen molar-refractivity contribution in [1.29, 1.82) is 5.26 Å². The van der Waals surface area contributed by atoms with Crippen molar-refractivity contribution in [3.8, 4) is 6.07 Å². The van der Waals surface area contributed by atoms with Crippen molar-refractivity contribution < 1.29 is 23.1 Å². The van der Waals surface area contributed by atoms with Gasteiger partial charge in [0.1, 0.15) is 12.6 Å². The minimum absolute atomic E-state index is 0.0139. The molecule has 0 spiro atoms. The highest BCUT2D eigenvalue weighted by atomic mass is 32.2. The summed E-state index contributed by atoms with van der Waals surface area (Å²) in [5.41, 5.74) is 1.08. The molecule has 1 fully saturated rings. The van der Waals surface area contributed by atoms with Gasteiger partial charge >= 0.3 is 5.97 Å². The lowest BCUT2D eigenvalue weighted by Gasteiger charge is -2.27. The molecule has 1 aliphatic rings. The van der Waals surface area contributed by atoms with E-state index in [1.165, 1.54) is 17.0 Å². The topological polar surface area (TPSA) is 128 Å². The van der Waals surface area contributed by atoms with Crippen molar-refractivity contribution in [2.24, 2.45) is 0 Å². The third-order valence-electron chi connectivity index (χ3n) is 5.73. The summed E-state index contributed by atoms with van der Waals surface area (Å²) in [5, 5.41) is 19.9. The van der Waals surface area contributed by atoms with Crippen LogP contribution in [0.3, 0.4) is 0 Å². The number of fused-ring (bicyclic) bond motifs is 1. The average molecular weight is 478 g/mol. The molecule has 0 aliphatic heterocycles. The molecule has 0 aromatic heterocycles. The van der Waals surface area contributed by atoms with Crippen LogP contribution in [0.1, 0.15) is 24.0 Å². The average Bonchev–Trinajstić information content (AvgIpc) is 3.67. The van der Waals surface area contributed by atoms with E-state index >= 15 is 0 Å². The summed E-state index contributed by atoms with van der Waals surface area (Å²) < 4.78 is 29.1. The molecule has 0 saturated heterocycles. The van der Waals surface area contributed by atoms with Crippen LogP contribution in [-0.2, 0) is 26.0 Å². The molecule has 4 rings (SSSR count). The number of nitriles is 1. The van der Waals surface area contributed by atoms with Crippen LogP contribution in [0.2, 0.25) is 0 Å². The fraction of sp³-hybridized carbons (Fsp3) is 0.240. The lowest BCUT2D eigenvalue weighted by atomic mass is 10.0. The second-order valence-corrected chi connectivity index (χ2v) is 10.0. The third kappa shape index (κ3) is 5.42. The summed E-state index contributed by atoms with van der Waals surface area (Å²) in [6.07, 6.45) is 1.38. The molecule has 3 aromatic carbocycles. The Labute approximate surface area is 197 Å². The van der Waals surface area contributed by atoms with Crippen LogP contribution in [-0.4, -0.2) is 48.9 Å². The highest BCUT2D eigenvalue weighted by molar-refractivity contribution is 7.89. The van der Waals surface area contributed by atoms with E-state index in [1.54, 1.807) is 36.4 Å². The Bertz CT molecular complexity index is 1380.